The van der Waals surface area contributed by atoms with Crippen LogP contribution in [-0.2, 0) is 7.05 Å². The molecule has 0 unspecified atom stereocenters. The van der Waals surface area contributed by atoms with Gasteiger partial charge in [0.15, 0.2) is 5.82 Å². The molecule has 0 atom stereocenters. The molecule has 0 aliphatic rings. The van der Waals surface area contributed by atoms with Crippen LogP contribution in [0.3, 0.4) is 0 Å². The van der Waals surface area contributed by atoms with Crippen molar-refractivity contribution in [3.8, 4) is 22.4 Å². The molecular formula is C21H16ClFN6O. The van der Waals surface area contributed by atoms with E-state index in [-0.39, 0.29) is 16.9 Å². The Labute approximate surface area is 176 Å². The van der Waals surface area contributed by atoms with Crippen LogP contribution in [0.2, 0.25) is 5.02 Å². The number of carbonyl (C=O) groups is 1. The average molecular weight is 423 g/mol. The standard InChI is InChI=1S/C21H16ClFN6O/c1-12-16(7-24-8-18(12)23)21(30)28-20-10-25-19(9-26-20)15-5-13(3-4-17(15)22)14-6-27-29(2)11-14/h3-11H,1-2H3,(H,26,28,30). The van der Waals surface area contributed by atoms with Crippen molar-refractivity contribution in [1.82, 2.24) is 24.7 Å². The van der Waals surface area contributed by atoms with Crippen LogP contribution in [0.15, 0.2) is 55.4 Å². The molecule has 4 aromatic rings. The molecule has 0 bridgehead atoms. The summed E-state index contributed by atoms with van der Waals surface area (Å²) in [5.74, 6) is -0.836. The Balaban J connectivity index is 1.58. The molecule has 0 saturated carbocycles. The highest BCUT2D eigenvalue weighted by atomic mass is 35.5. The number of rotatable bonds is 4. The second kappa shape index (κ2) is 8.00. The van der Waals surface area contributed by atoms with Gasteiger partial charge >= 0.3 is 0 Å². The normalized spacial score (nSPS) is 10.8. The fourth-order valence-corrected chi connectivity index (χ4v) is 3.13. The Morgan fingerprint density at radius 3 is 2.63 bits per heavy atom. The Bertz CT molecular complexity index is 1240. The first kappa shape index (κ1) is 19.7. The second-order valence-electron chi connectivity index (χ2n) is 6.63. The Morgan fingerprint density at radius 1 is 1.10 bits per heavy atom. The zero-order chi connectivity index (χ0) is 21.3. The molecular weight excluding hydrogens is 407 g/mol. The third-order valence-electron chi connectivity index (χ3n) is 4.57. The van der Waals surface area contributed by atoms with Gasteiger partial charge in [-0.05, 0) is 24.6 Å². The highest BCUT2D eigenvalue weighted by Gasteiger charge is 2.14. The molecule has 4 rings (SSSR count). The summed E-state index contributed by atoms with van der Waals surface area (Å²) in [5, 5.41) is 7.30. The van der Waals surface area contributed by atoms with Crippen LogP contribution in [-0.4, -0.2) is 30.6 Å². The topological polar surface area (TPSA) is 85.6 Å². The highest BCUT2D eigenvalue weighted by molar-refractivity contribution is 6.33. The van der Waals surface area contributed by atoms with Crippen molar-refractivity contribution in [2.45, 2.75) is 6.92 Å². The van der Waals surface area contributed by atoms with Gasteiger partial charge in [-0.25, -0.2) is 9.37 Å². The summed E-state index contributed by atoms with van der Waals surface area (Å²) in [6.45, 7) is 1.51. The summed E-state index contributed by atoms with van der Waals surface area (Å²) in [7, 11) is 1.85. The summed E-state index contributed by atoms with van der Waals surface area (Å²) in [6.07, 6.45) is 8.97. The number of nitrogens with zero attached hydrogens (tertiary/aromatic N) is 5. The predicted molar refractivity (Wildman–Crippen MR) is 112 cm³/mol. The van der Waals surface area contributed by atoms with E-state index in [1.165, 1.54) is 25.5 Å². The number of anilines is 1. The van der Waals surface area contributed by atoms with Crippen molar-refractivity contribution in [2.24, 2.45) is 7.05 Å². The average Bonchev–Trinajstić information content (AvgIpc) is 3.17. The minimum atomic E-state index is -0.549. The summed E-state index contributed by atoms with van der Waals surface area (Å²) in [5.41, 5.74) is 3.49. The maximum Gasteiger partial charge on any atom is 0.258 e. The molecule has 1 aromatic carbocycles. The van der Waals surface area contributed by atoms with Crippen LogP contribution in [0, 0.1) is 12.7 Å². The van der Waals surface area contributed by atoms with Crippen molar-refractivity contribution in [3.05, 3.63) is 77.3 Å². The largest absolute Gasteiger partial charge is 0.305 e. The number of amides is 1. The first-order valence-corrected chi connectivity index (χ1v) is 9.32. The lowest BCUT2D eigenvalue weighted by Crippen LogP contribution is -2.15. The Hall–Kier alpha value is -3.65. The fraction of sp³-hybridized carbons (Fsp3) is 0.0952. The monoisotopic (exact) mass is 422 g/mol. The van der Waals surface area contributed by atoms with Crippen LogP contribution in [0.5, 0.6) is 0 Å². The van der Waals surface area contributed by atoms with Crippen LogP contribution in [0.1, 0.15) is 15.9 Å². The van der Waals surface area contributed by atoms with Gasteiger partial charge in [-0.3, -0.25) is 19.4 Å². The first-order chi connectivity index (χ1) is 14.4. The molecule has 3 aromatic heterocycles. The van der Waals surface area contributed by atoms with Crippen molar-refractivity contribution < 1.29 is 9.18 Å². The minimum absolute atomic E-state index is 0.132. The Morgan fingerprint density at radius 2 is 1.93 bits per heavy atom. The second-order valence-corrected chi connectivity index (χ2v) is 7.04. The predicted octanol–water partition coefficient (Wildman–Crippen LogP) is 4.29. The molecule has 1 amide bonds. The van der Waals surface area contributed by atoms with Crippen LogP contribution in [0.4, 0.5) is 10.2 Å². The zero-order valence-corrected chi connectivity index (χ0v) is 16.9. The van der Waals surface area contributed by atoms with Crippen LogP contribution in [0.25, 0.3) is 22.4 Å². The van der Waals surface area contributed by atoms with Gasteiger partial charge in [0, 0.05) is 36.1 Å². The van der Waals surface area contributed by atoms with Gasteiger partial charge in [0.1, 0.15) is 5.82 Å². The van der Waals surface area contributed by atoms with Gasteiger partial charge in [-0.15, -0.1) is 0 Å². The molecule has 0 spiro atoms. The first-order valence-electron chi connectivity index (χ1n) is 8.95. The lowest BCUT2D eigenvalue weighted by molar-refractivity contribution is 0.102. The van der Waals surface area contributed by atoms with Crippen molar-refractivity contribution in [2.75, 3.05) is 5.32 Å². The number of aryl methyl sites for hydroxylation is 1. The van der Waals surface area contributed by atoms with E-state index in [2.05, 4.69) is 25.4 Å². The molecule has 30 heavy (non-hydrogen) atoms. The zero-order valence-electron chi connectivity index (χ0n) is 16.1. The Kier molecular flexibility index (Phi) is 5.24. The van der Waals surface area contributed by atoms with Crippen molar-refractivity contribution in [3.63, 3.8) is 0 Å². The fourth-order valence-electron chi connectivity index (χ4n) is 2.92. The third-order valence-corrected chi connectivity index (χ3v) is 4.90. The number of pyridine rings is 1. The number of hydrogen-bond donors (Lipinski definition) is 1. The molecule has 0 saturated heterocycles. The smallest absolute Gasteiger partial charge is 0.258 e. The van der Waals surface area contributed by atoms with E-state index in [9.17, 15) is 9.18 Å². The summed E-state index contributed by atoms with van der Waals surface area (Å²) in [6, 6.07) is 5.60. The molecule has 7 nitrogen and oxygen atoms in total. The third kappa shape index (κ3) is 3.90. The number of nitrogens with one attached hydrogen (secondary N) is 1. The van der Waals surface area contributed by atoms with Gasteiger partial charge in [0.25, 0.3) is 5.91 Å². The van der Waals surface area contributed by atoms with E-state index in [4.69, 9.17) is 11.6 Å². The summed E-state index contributed by atoms with van der Waals surface area (Å²) < 4.78 is 15.3. The lowest BCUT2D eigenvalue weighted by Gasteiger charge is -2.09. The van der Waals surface area contributed by atoms with E-state index >= 15 is 0 Å². The van der Waals surface area contributed by atoms with E-state index in [1.807, 2.05) is 25.4 Å². The number of benzene rings is 1. The number of aromatic nitrogens is 5. The summed E-state index contributed by atoms with van der Waals surface area (Å²) in [4.78, 5) is 24.7. The quantitative estimate of drug-likeness (QED) is 0.530. The molecule has 0 aliphatic carbocycles. The number of hydrogen-bond acceptors (Lipinski definition) is 5. The van der Waals surface area contributed by atoms with E-state index in [1.54, 1.807) is 16.9 Å². The van der Waals surface area contributed by atoms with Gasteiger partial charge in [0.2, 0.25) is 0 Å². The number of halogens is 2. The SMILES string of the molecule is Cc1c(F)cncc1C(=O)Nc1cnc(-c2cc(-c3cnn(C)c3)ccc2Cl)cn1. The maximum atomic E-state index is 13.6. The highest BCUT2D eigenvalue weighted by Crippen LogP contribution is 2.31. The van der Waals surface area contributed by atoms with Gasteiger partial charge < -0.3 is 5.32 Å². The van der Waals surface area contributed by atoms with Gasteiger partial charge in [0.05, 0.1) is 41.1 Å². The number of carbonyl (C=O) groups excluding carboxylic acids is 1. The molecule has 0 fully saturated rings. The minimum Gasteiger partial charge on any atom is -0.305 e. The van der Waals surface area contributed by atoms with Gasteiger partial charge in [-0.1, -0.05) is 17.7 Å². The van der Waals surface area contributed by atoms with E-state index < -0.39 is 11.7 Å². The van der Waals surface area contributed by atoms with E-state index in [0.29, 0.717) is 16.3 Å². The van der Waals surface area contributed by atoms with Gasteiger partial charge in [-0.2, -0.15) is 5.10 Å². The molecule has 3 heterocycles. The molecule has 150 valence electrons. The van der Waals surface area contributed by atoms with Crippen molar-refractivity contribution in [1.29, 1.82) is 0 Å². The molecule has 0 aliphatic heterocycles. The molecule has 9 heteroatoms. The van der Waals surface area contributed by atoms with Crippen LogP contribution < -0.4 is 5.32 Å². The molecule has 1 N–H and O–H groups in total. The molecule has 0 radical (unpaired) electrons. The summed E-state index contributed by atoms with van der Waals surface area (Å²) >= 11 is 6.36. The van der Waals surface area contributed by atoms with Crippen molar-refractivity contribution >= 4 is 23.3 Å². The van der Waals surface area contributed by atoms with E-state index in [0.717, 1.165) is 17.3 Å². The lowest BCUT2D eigenvalue weighted by atomic mass is 10.0. The maximum absolute atomic E-state index is 13.6. The van der Waals surface area contributed by atoms with Crippen LogP contribution >= 0.6 is 11.6 Å².